The van der Waals surface area contributed by atoms with E-state index in [2.05, 4.69) is 68.2 Å². The van der Waals surface area contributed by atoms with Gasteiger partial charge in [0.05, 0.1) is 4.55 Å². The first kappa shape index (κ1) is 22.0. The average molecular weight is 589 g/mol. The number of alkyl halides is 1. The van der Waals surface area contributed by atoms with E-state index in [0.29, 0.717) is 0 Å². The maximum atomic E-state index is 2.77. The van der Waals surface area contributed by atoms with Crippen molar-refractivity contribution in [3.8, 4) is 0 Å². The van der Waals surface area contributed by atoms with Crippen molar-refractivity contribution in [2.45, 2.75) is 38.1 Å². The topological polar surface area (TPSA) is 16.2 Å². The van der Waals surface area contributed by atoms with E-state index in [0.717, 1.165) is 6.04 Å². The molecule has 7 heteroatoms. The lowest BCUT2D eigenvalue weighted by Gasteiger charge is -2.41. The van der Waals surface area contributed by atoms with Crippen LogP contribution in [0, 0.1) is 0 Å². The predicted octanol–water partition coefficient (Wildman–Crippen LogP) is 2.60. The van der Waals surface area contributed by atoms with Gasteiger partial charge in [0.15, 0.2) is 0 Å². The summed E-state index contributed by atoms with van der Waals surface area (Å²) in [6, 6.07) is 0.857. The van der Waals surface area contributed by atoms with E-state index in [4.69, 9.17) is 0 Å². The summed E-state index contributed by atoms with van der Waals surface area (Å²) in [6.45, 7) is 15.5. The second kappa shape index (κ2) is 12.1. The number of hydrogen-bond acceptors (Lipinski definition) is 5. The van der Waals surface area contributed by atoms with Gasteiger partial charge in [-0.3, -0.25) is 9.80 Å². The first-order valence-corrected chi connectivity index (χ1v) is 13.1. The summed E-state index contributed by atoms with van der Waals surface area (Å²) < 4.78 is 3.64. The molecule has 3 aliphatic rings. The highest BCUT2D eigenvalue weighted by Crippen LogP contribution is 2.20. The summed E-state index contributed by atoms with van der Waals surface area (Å²) >= 11 is 4.97. The van der Waals surface area contributed by atoms with Crippen LogP contribution in [-0.2, 0) is 0 Å². The Morgan fingerprint density at radius 1 is 0.615 bits per heavy atom. The van der Waals surface area contributed by atoms with Crippen LogP contribution in [0.25, 0.3) is 0 Å². The first-order valence-electron chi connectivity index (χ1n) is 10.6. The molecule has 3 saturated heterocycles. The van der Waals surface area contributed by atoms with Gasteiger partial charge in [0, 0.05) is 94.4 Å². The van der Waals surface area contributed by atoms with Gasteiger partial charge >= 0.3 is 0 Å². The molecule has 5 nitrogen and oxygen atoms in total. The van der Waals surface area contributed by atoms with Crippen LogP contribution in [0.3, 0.4) is 0 Å². The van der Waals surface area contributed by atoms with Crippen molar-refractivity contribution in [3.63, 3.8) is 0 Å². The summed E-state index contributed by atoms with van der Waals surface area (Å²) in [7, 11) is 0. The number of unbranched alkanes of at least 4 members (excludes halogenated alkanes) is 2. The van der Waals surface area contributed by atoms with Crippen molar-refractivity contribution in [1.82, 2.24) is 22.7 Å². The molecule has 0 saturated carbocycles. The van der Waals surface area contributed by atoms with E-state index in [9.17, 15) is 0 Å². The average Bonchev–Trinajstić information content (AvgIpc) is 2.69. The second-order valence-electron chi connectivity index (χ2n) is 8.16. The van der Waals surface area contributed by atoms with Gasteiger partial charge in [-0.05, 0) is 38.8 Å². The summed E-state index contributed by atoms with van der Waals surface area (Å²) in [6.07, 6.45) is 6.92. The minimum absolute atomic E-state index is 0.857. The molecule has 0 spiro atoms. The number of halogens is 2. The van der Waals surface area contributed by atoms with E-state index in [1.54, 1.807) is 0 Å². The lowest BCUT2D eigenvalue weighted by Crippen LogP contribution is -2.52. The van der Waals surface area contributed by atoms with Gasteiger partial charge < -0.3 is 9.80 Å². The molecule has 0 bridgehead atoms. The highest BCUT2D eigenvalue weighted by Gasteiger charge is 2.26. The van der Waals surface area contributed by atoms with E-state index in [1.807, 2.05) is 0 Å². The molecule has 0 atom stereocenters. The van der Waals surface area contributed by atoms with E-state index in [-0.39, 0.29) is 0 Å². The van der Waals surface area contributed by atoms with Gasteiger partial charge in [-0.15, -0.1) is 0 Å². The van der Waals surface area contributed by atoms with E-state index in [1.165, 1.54) is 115 Å². The van der Waals surface area contributed by atoms with Crippen molar-refractivity contribution in [2.24, 2.45) is 0 Å². The fourth-order valence-corrected chi connectivity index (χ4v) is 5.77. The Morgan fingerprint density at radius 2 is 1.12 bits per heavy atom. The molecular formula is C19H37I2N5. The molecule has 3 heterocycles. The molecular weight excluding hydrogens is 552 g/mol. The number of piperazine rings is 2. The zero-order valence-corrected chi connectivity index (χ0v) is 20.6. The normalized spacial score (nSPS) is 26.5. The predicted molar refractivity (Wildman–Crippen MR) is 127 cm³/mol. The third-order valence-electron chi connectivity index (χ3n) is 6.42. The van der Waals surface area contributed by atoms with Crippen molar-refractivity contribution >= 4 is 45.5 Å². The molecule has 0 aliphatic carbocycles. The number of hydrogen-bond donors (Lipinski definition) is 0. The fourth-order valence-electron chi connectivity index (χ4n) is 4.53. The molecule has 0 aromatic carbocycles. The Bertz CT molecular complexity index is 376. The Kier molecular flexibility index (Phi) is 10.2. The lowest BCUT2D eigenvalue weighted by atomic mass is 10.0. The number of nitrogens with zero attached hydrogens (tertiary/aromatic N) is 5. The summed E-state index contributed by atoms with van der Waals surface area (Å²) in [4.78, 5) is 10.7. The van der Waals surface area contributed by atoms with Crippen LogP contribution in [0.15, 0.2) is 0 Å². The van der Waals surface area contributed by atoms with Gasteiger partial charge in [0.2, 0.25) is 0 Å². The molecule has 0 amide bonds. The monoisotopic (exact) mass is 589 g/mol. The minimum atomic E-state index is 0.857. The molecule has 3 aliphatic heterocycles. The summed E-state index contributed by atoms with van der Waals surface area (Å²) in [5, 5.41) is 0. The Labute approximate surface area is 188 Å². The zero-order chi connectivity index (χ0) is 18.2. The molecule has 26 heavy (non-hydrogen) atoms. The summed E-state index contributed by atoms with van der Waals surface area (Å²) in [5.41, 5.74) is 0. The lowest BCUT2D eigenvalue weighted by molar-refractivity contribution is 0.0746. The van der Waals surface area contributed by atoms with E-state index < -0.39 is 0 Å². The van der Waals surface area contributed by atoms with Crippen molar-refractivity contribution in [1.29, 1.82) is 0 Å². The molecule has 0 aromatic heterocycles. The Hall–Kier alpha value is 1.26. The standard InChI is InChI=1S/C19H37I2N5/c20-18-24-12-10-22(11-13-24)6-2-1-3-7-23-14-16-25(17-15-23)19-4-8-26(21)9-5-19/h19H,1-18H2. The van der Waals surface area contributed by atoms with Gasteiger partial charge in [-0.2, -0.15) is 0 Å². The van der Waals surface area contributed by atoms with Crippen LogP contribution < -0.4 is 0 Å². The SMILES string of the molecule is ICN1CCN(CCCCCN2CCN(C3CCN(I)CC3)CC2)CC1. The molecule has 3 fully saturated rings. The van der Waals surface area contributed by atoms with Gasteiger partial charge in [0.1, 0.15) is 0 Å². The number of piperidine rings is 1. The van der Waals surface area contributed by atoms with Crippen LogP contribution >= 0.6 is 45.5 Å². The minimum Gasteiger partial charge on any atom is -0.301 e. The fraction of sp³-hybridized carbons (Fsp3) is 1.00. The van der Waals surface area contributed by atoms with Crippen LogP contribution in [0.4, 0.5) is 0 Å². The van der Waals surface area contributed by atoms with Crippen LogP contribution in [0.1, 0.15) is 32.1 Å². The van der Waals surface area contributed by atoms with Crippen molar-refractivity contribution in [2.75, 3.05) is 83.1 Å². The largest absolute Gasteiger partial charge is 0.301 e. The molecule has 0 radical (unpaired) electrons. The first-order chi connectivity index (χ1) is 12.7. The molecule has 0 unspecified atom stereocenters. The van der Waals surface area contributed by atoms with Gasteiger partial charge in [-0.1, -0.05) is 29.0 Å². The Balaban J connectivity index is 1.19. The van der Waals surface area contributed by atoms with Crippen LogP contribution in [-0.4, -0.2) is 112 Å². The molecule has 3 rings (SSSR count). The Morgan fingerprint density at radius 3 is 1.65 bits per heavy atom. The maximum Gasteiger partial charge on any atom is 0.0506 e. The molecule has 0 aromatic rings. The van der Waals surface area contributed by atoms with E-state index >= 15 is 0 Å². The molecule has 152 valence electrons. The zero-order valence-electron chi connectivity index (χ0n) is 16.3. The van der Waals surface area contributed by atoms with Crippen molar-refractivity contribution < 1.29 is 0 Å². The highest BCUT2D eigenvalue weighted by atomic mass is 127. The number of rotatable bonds is 8. The van der Waals surface area contributed by atoms with Crippen molar-refractivity contribution in [3.05, 3.63) is 0 Å². The quantitative estimate of drug-likeness (QED) is 0.142. The third kappa shape index (κ3) is 7.26. The third-order valence-corrected chi connectivity index (χ3v) is 8.35. The van der Waals surface area contributed by atoms with Crippen LogP contribution in [0.2, 0.25) is 0 Å². The van der Waals surface area contributed by atoms with Gasteiger partial charge in [-0.25, -0.2) is 3.11 Å². The second-order valence-corrected chi connectivity index (χ2v) is 10.2. The maximum absolute atomic E-state index is 2.77. The molecule has 0 N–H and O–H groups in total. The van der Waals surface area contributed by atoms with Crippen LogP contribution in [0.5, 0.6) is 0 Å². The highest BCUT2D eigenvalue weighted by molar-refractivity contribution is 14.1. The summed E-state index contributed by atoms with van der Waals surface area (Å²) in [5.74, 6) is 0. The van der Waals surface area contributed by atoms with Gasteiger partial charge in [0.25, 0.3) is 0 Å². The smallest absolute Gasteiger partial charge is 0.0506 e.